The minimum atomic E-state index is -0.485. The van der Waals surface area contributed by atoms with Crippen molar-refractivity contribution >= 4 is 17.7 Å². The van der Waals surface area contributed by atoms with E-state index in [1.165, 1.54) is 6.07 Å². The van der Waals surface area contributed by atoms with E-state index in [1.54, 1.807) is 23.9 Å². The molecular formula is C15H20FNO2S. The second kappa shape index (κ2) is 7.64. The number of halogens is 1. The minimum Gasteiger partial charge on any atom is -0.392 e. The highest BCUT2D eigenvalue weighted by Crippen LogP contribution is 2.25. The highest BCUT2D eigenvalue weighted by atomic mass is 32.2. The largest absolute Gasteiger partial charge is 0.392 e. The molecule has 20 heavy (non-hydrogen) atoms. The Kier molecular flexibility index (Phi) is 5.86. The zero-order valence-electron chi connectivity index (χ0n) is 11.3. The van der Waals surface area contributed by atoms with Gasteiger partial charge in [-0.2, -0.15) is 11.8 Å². The van der Waals surface area contributed by atoms with Crippen molar-refractivity contribution in [3.05, 3.63) is 35.6 Å². The predicted molar refractivity (Wildman–Crippen MR) is 78.9 cm³/mol. The summed E-state index contributed by atoms with van der Waals surface area (Å²) in [4.78, 5) is 11.8. The van der Waals surface area contributed by atoms with Gasteiger partial charge in [0.05, 0.1) is 12.0 Å². The van der Waals surface area contributed by atoms with Gasteiger partial charge in [0, 0.05) is 18.1 Å². The van der Waals surface area contributed by atoms with Crippen molar-refractivity contribution in [3.8, 4) is 0 Å². The van der Waals surface area contributed by atoms with Gasteiger partial charge in [-0.1, -0.05) is 18.2 Å². The van der Waals surface area contributed by atoms with E-state index in [9.17, 15) is 14.3 Å². The molecule has 1 saturated carbocycles. The fourth-order valence-corrected chi connectivity index (χ4v) is 3.27. The molecule has 0 radical (unpaired) electrons. The third kappa shape index (κ3) is 4.21. The number of aliphatic hydroxyl groups excluding tert-OH is 1. The van der Waals surface area contributed by atoms with E-state index in [4.69, 9.17) is 0 Å². The lowest BCUT2D eigenvalue weighted by atomic mass is 10.1. The third-order valence-electron chi connectivity index (χ3n) is 3.58. The van der Waals surface area contributed by atoms with Gasteiger partial charge in [0.2, 0.25) is 5.91 Å². The standard InChI is InChI=1S/C15H20FNO2S/c16-13-6-2-1-4-11(13)10-20-9-8-17-15(19)12-5-3-7-14(12)18/h1-2,4,6,12,14,18H,3,5,7-10H2,(H,17,19). The van der Waals surface area contributed by atoms with Gasteiger partial charge in [0.15, 0.2) is 0 Å². The van der Waals surface area contributed by atoms with Crippen molar-refractivity contribution < 1.29 is 14.3 Å². The summed E-state index contributed by atoms with van der Waals surface area (Å²) in [6.07, 6.45) is 1.93. The summed E-state index contributed by atoms with van der Waals surface area (Å²) in [7, 11) is 0. The predicted octanol–water partition coefficient (Wildman–Crippen LogP) is 2.34. The molecule has 1 fully saturated rings. The van der Waals surface area contributed by atoms with E-state index in [1.807, 2.05) is 6.07 Å². The van der Waals surface area contributed by atoms with E-state index in [0.29, 0.717) is 17.9 Å². The van der Waals surface area contributed by atoms with Crippen LogP contribution in [0.2, 0.25) is 0 Å². The van der Waals surface area contributed by atoms with Gasteiger partial charge in [0.25, 0.3) is 0 Å². The van der Waals surface area contributed by atoms with Crippen LogP contribution >= 0.6 is 11.8 Å². The number of nitrogens with one attached hydrogen (secondary N) is 1. The Morgan fingerprint density at radius 1 is 1.40 bits per heavy atom. The zero-order valence-corrected chi connectivity index (χ0v) is 12.2. The Balaban J connectivity index is 1.62. The second-order valence-electron chi connectivity index (χ2n) is 5.04. The summed E-state index contributed by atoms with van der Waals surface area (Å²) in [5, 5.41) is 12.5. The fraction of sp³-hybridized carbons (Fsp3) is 0.533. The van der Waals surface area contributed by atoms with Crippen LogP contribution in [0.1, 0.15) is 24.8 Å². The fourth-order valence-electron chi connectivity index (χ4n) is 2.42. The van der Waals surface area contributed by atoms with Crippen LogP contribution in [-0.4, -0.2) is 29.4 Å². The molecule has 0 aliphatic heterocycles. The van der Waals surface area contributed by atoms with Gasteiger partial charge >= 0.3 is 0 Å². The van der Waals surface area contributed by atoms with Crippen LogP contribution in [0.4, 0.5) is 4.39 Å². The Hall–Kier alpha value is -1.07. The SMILES string of the molecule is O=C(NCCSCc1ccccc1F)C1CCCC1O. The smallest absolute Gasteiger partial charge is 0.225 e. The minimum absolute atomic E-state index is 0.0542. The molecule has 2 atom stereocenters. The Bertz CT molecular complexity index is 455. The molecule has 1 amide bonds. The van der Waals surface area contributed by atoms with Crippen molar-refractivity contribution in [2.75, 3.05) is 12.3 Å². The molecule has 2 rings (SSSR count). The molecule has 3 nitrogen and oxygen atoms in total. The molecule has 0 heterocycles. The van der Waals surface area contributed by atoms with Crippen LogP contribution < -0.4 is 5.32 Å². The number of carbonyl (C=O) groups excluding carboxylic acids is 1. The van der Waals surface area contributed by atoms with E-state index in [0.717, 1.165) is 25.0 Å². The molecular weight excluding hydrogens is 277 g/mol. The first-order valence-electron chi connectivity index (χ1n) is 6.95. The topological polar surface area (TPSA) is 49.3 Å². The van der Waals surface area contributed by atoms with E-state index in [2.05, 4.69) is 5.32 Å². The van der Waals surface area contributed by atoms with Crippen molar-refractivity contribution in [2.45, 2.75) is 31.1 Å². The van der Waals surface area contributed by atoms with Crippen molar-refractivity contribution in [3.63, 3.8) is 0 Å². The second-order valence-corrected chi connectivity index (χ2v) is 6.14. The number of carbonyl (C=O) groups is 1. The number of thioether (sulfide) groups is 1. The number of benzene rings is 1. The van der Waals surface area contributed by atoms with Gasteiger partial charge in [-0.3, -0.25) is 4.79 Å². The number of rotatable bonds is 6. The van der Waals surface area contributed by atoms with Crippen LogP contribution in [0.3, 0.4) is 0 Å². The van der Waals surface area contributed by atoms with Crippen LogP contribution in [0.15, 0.2) is 24.3 Å². The van der Waals surface area contributed by atoms with Gasteiger partial charge in [0.1, 0.15) is 5.82 Å². The maximum Gasteiger partial charge on any atom is 0.225 e. The van der Waals surface area contributed by atoms with Crippen molar-refractivity contribution in [1.82, 2.24) is 5.32 Å². The van der Waals surface area contributed by atoms with Gasteiger partial charge < -0.3 is 10.4 Å². The lowest BCUT2D eigenvalue weighted by Crippen LogP contribution is -2.35. The summed E-state index contributed by atoms with van der Waals surface area (Å²) in [5.41, 5.74) is 0.690. The lowest BCUT2D eigenvalue weighted by Gasteiger charge is -2.14. The highest BCUT2D eigenvalue weighted by Gasteiger charge is 2.30. The molecule has 1 aromatic carbocycles. The molecule has 1 aliphatic carbocycles. The molecule has 110 valence electrons. The Labute approximate surface area is 123 Å². The summed E-state index contributed by atoms with van der Waals surface area (Å²) >= 11 is 1.59. The zero-order chi connectivity index (χ0) is 14.4. The van der Waals surface area contributed by atoms with Crippen LogP contribution in [0.25, 0.3) is 0 Å². The summed E-state index contributed by atoms with van der Waals surface area (Å²) in [6.45, 7) is 0.557. The number of amides is 1. The van der Waals surface area contributed by atoms with Crippen LogP contribution in [0, 0.1) is 11.7 Å². The van der Waals surface area contributed by atoms with Gasteiger partial charge in [-0.15, -0.1) is 0 Å². The molecule has 1 aliphatic rings. The summed E-state index contributed by atoms with van der Waals surface area (Å²) in [5.74, 6) is 0.864. The number of aliphatic hydroxyl groups is 1. The Morgan fingerprint density at radius 2 is 2.20 bits per heavy atom. The average molecular weight is 297 g/mol. The lowest BCUT2D eigenvalue weighted by molar-refractivity contribution is -0.127. The van der Waals surface area contributed by atoms with Crippen LogP contribution in [-0.2, 0) is 10.5 Å². The molecule has 0 saturated heterocycles. The van der Waals surface area contributed by atoms with Gasteiger partial charge in [-0.25, -0.2) is 4.39 Å². The Morgan fingerprint density at radius 3 is 2.90 bits per heavy atom. The van der Waals surface area contributed by atoms with Crippen LogP contribution in [0.5, 0.6) is 0 Å². The van der Waals surface area contributed by atoms with Gasteiger partial charge in [-0.05, 0) is 30.9 Å². The molecule has 0 spiro atoms. The first kappa shape index (κ1) is 15.3. The monoisotopic (exact) mass is 297 g/mol. The molecule has 1 aromatic rings. The molecule has 2 unspecified atom stereocenters. The molecule has 0 bridgehead atoms. The average Bonchev–Trinajstić information content (AvgIpc) is 2.86. The molecule has 2 N–H and O–H groups in total. The highest BCUT2D eigenvalue weighted by molar-refractivity contribution is 7.98. The normalized spacial score (nSPS) is 21.9. The number of hydrogen-bond acceptors (Lipinski definition) is 3. The molecule has 0 aromatic heterocycles. The van der Waals surface area contributed by atoms with E-state index >= 15 is 0 Å². The van der Waals surface area contributed by atoms with E-state index < -0.39 is 6.10 Å². The van der Waals surface area contributed by atoms with E-state index in [-0.39, 0.29) is 17.6 Å². The summed E-state index contributed by atoms with van der Waals surface area (Å²) in [6, 6.07) is 6.73. The summed E-state index contributed by atoms with van der Waals surface area (Å²) < 4.78 is 13.4. The first-order valence-corrected chi connectivity index (χ1v) is 8.11. The maximum atomic E-state index is 13.4. The van der Waals surface area contributed by atoms with Crippen molar-refractivity contribution in [1.29, 1.82) is 0 Å². The third-order valence-corrected chi connectivity index (χ3v) is 4.59. The quantitative estimate of drug-likeness (QED) is 0.792. The first-order chi connectivity index (χ1) is 9.68. The molecule has 5 heteroatoms. The van der Waals surface area contributed by atoms with Crippen molar-refractivity contribution in [2.24, 2.45) is 5.92 Å². The number of hydrogen-bond donors (Lipinski definition) is 2. The maximum absolute atomic E-state index is 13.4.